The predicted octanol–water partition coefficient (Wildman–Crippen LogP) is 1.08. The van der Waals surface area contributed by atoms with Crippen molar-refractivity contribution < 1.29 is 9.59 Å². The van der Waals surface area contributed by atoms with E-state index in [1.165, 1.54) is 11.8 Å². The molecule has 0 bridgehead atoms. The van der Waals surface area contributed by atoms with Crippen LogP contribution >= 0.6 is 11.8 Å². The normalized spacial score (nSPS) is 16.1. The highest BCUT2D eigenvalue weighted by molar-refractivity contribution is 8.00. The van der Waals surface area contributed by atoms with Crippen LogP contribution in [-0.2, 0) is 9.59 Å². The molecule has 20 heavy (non-hydrogen) atoms. The van der Waals surface area contributed by atoms with Gasteiger partial charge in [-0.1, -0.05) is 6.07 Å². The Labute approximate surface area is 122 Å². The largest absolute Gasteiger partial charge is 0.399 e. The van der Waals surface area contributed by atoms with Gasteiger partial charge in [0.2, 0.25) is 11.8 Å². The van der Waals surface area contributed by atoms with Crippen molar-refractivity contribution in [1.29, 1.82) is 0 Å². The Morgan fingerprint density at radius 3 is 2.60 bits per heavy atom. The summed E-state index contributed by atoms with van der Waals surface area (Å²) in [5, 5.41) is 0. The number of nitrogens with zero attached hydrogens (tertiary/aromatic N) is 1. The first-order valence-corrected chi connectivity index (χ1v) is 7.60. The van der Waals surface area contributed by atoms with Crippen molar-refractivity contribution >= 4 is 29.3 Å². The third kappa shape index (κ3) is 3.90. The van der Waals surface area contributed by atoms with Crippen molar-refractivity contribution in [1.82, 2.24) is 4.90 Å². The van der Waals surface area contributed by atoms with Gasteiger partial charge in [0.1, 0.15) is 0 Å². The minimum atomic E-state index is -0.258. The van der Waals surface area contributed by atoms with Gasteiger partial charge in [-0.2, -0.15) is 0 Å². The van der Waals surface area contributed by atoms with Crippen LogP contribution in [0.5, 0.6) is 0 Å². The number of piperidine rings is 1. The lowest BCUT2D eigenvalue weighted by Crippen LogP contribution is -2.42. The highest BCUT2D eigenvalue weighted by Crippen LogP contribution is 2.22. The SMILES string of the molecule is NC(=O)C1CCN(C(=O)CSc2cccc(N)c2)CC1. The maximum atomic E-state index is 12.1. The molecule has 0 aromatic heterocycles. The van der Waals surface area contributed by atoms with Crippen molar-refractivity contribution in [2.75, 3.05) is 24.6 Å². The van der Waals surface area contributed by atoms with E-state index in [2.05, 4.69) is 0 Å². The highest BCUT2D eigenvalue weighted by atomic mass is 32.2. The molecule has 1 aromatic rings. The molecule has 0 unspecified atom stereocenters. The van der Waals surface area contributed by atoms with Gasteiger partial charge in [0.25, 0.3) is 0 Å². The molecule has 1 heterocycles. The summed E-state index contributed by atoms with van der Waals surface area (Å²) in [6.07, 6.45) is 1.34. The van der Waals surface area contributed by atoms with Gasteiger partial charge < -0.3 is 16.4 Å². The fraction of sp³-hybridized carbons (Fsp3) is 0.429. The second kappa shape index (κ2) is 6.65. The van der Waals surface area contributed by atoms with Crippen molar-refractivity contribution in [2.24, 2.45) is 11.7 Å². The van der Waals surface area contributed by atoms with Crippen molar-refractivity contribution in [3.63, 3.8) is 0 Å². The van der Waals surface area contributed by atoms with E-state index in [0.29, 0.717) is 37.4 Å². The van der Waals surface area contributed by atoms with Gasteiger partial charge >= 0.3 is 0 Å². The van der Waals surface area contributed by atoms with Gasteiger partial charge in [-0.15, -0.1) is 11.8 Å². The molecular weight excluding hydrogens is 274 g/mol. The van der Waals surface area contributed by atoms with Crippen LogP contribution < -0.4 is 11.5 Å². The lowest BCUT2D eigenvalue weighted by molar-refractivity contribution is -0.132. The zero-order valence-corrected chi connectivity index (χ0v) is 12.1. The number of carbonyl (C=O) groups is 2. The molecule has 5 nitrogen and oxygen atoms in total. The number of amides is 2. The van der Waals surface area contributed by atoms with Crippen molar-refractivity contribution in [3.8, 4) is 0 Å². The second-order valence-corrected chi connectivity index (χ2v) is 5.97. The van der Waals surface area contributed by atoms with Gasteiger partial charge in [0.05, 0.1) is 5.75 Å². The average Bonchev–Trinajstić information content (AvgIpc) is 2.45. The van der Waals surface area contributed by atoms with Gasteiger partial charge in [-0.05, 0) is 31.0 Å². The van der Waals surface area contributed by atoms with Crippen molar-refractivity contribution in [3.05, 3.63) is 24.3 Å². The summed E-state index contributed by atoms with van der Waals surface area (Å²) >= 11 is 1.48. The molecule has 1 aliphatic heterocycles. The van der Waals surface area contributed by atoms with E-state index in [-0.39, 0.29) is 17.7 Å². The standard InChI is InChI=1S/C14H19N3O2S/c15-11-2-1-3-12(8-11)20-9-13(18)17-6-4-10(5-7-17)14(16)19/h1-3,8,10H,4-7,9,15H2,(H2,16,19). The lowest BCUT2D eigenvalue weighted by atomic mass is 9.96. The van der Waals surface area contributed by atoms with Gasteiger partial charge in [-0.25, -0.2) is 0 Å². The van der Waals surface area contributed by atoms with E-state index in [9.17, 15) is 9.59 Å². The quantitative estimate of drug-likeness (QED) is 0.642. The molecule has 2 rings (SSSR count). The van der Waals surface area contributed by atoms with Crippen LogP contribution in [0.2, 0.25) is 0 Å². The number of thioether (sulfide) groups is 1. The van der Waals surface area contributed by atoms with Crippen LogP contribution in [0.25, 0.3) is 0 Å². The summed E-state index contributed by atoms with van der Waals surface area (Å²) < 4.78 is 0. The molecule has 1 aliphatic rings. The molecule has 108 valence electrons. The third-order valence-electron chi connectivity index (χ3n) is 3.47. The highest BCUT2D eigenvalue weighted by Gasteiger charge is 2.25. The topological polar surface area (TPSA) is 89.4 Å². The smallest absolute Gasteiger partial charge is 0.232 e. The molecule has 0 radical (unpaired) electrons. The van der Waals surface area contributed by atoms with Gasteiger partial charge in [0.15, 0.2) is 0 Å². The van der Waals surface area contributed by atoms with E-state index in [1.54, 1.807) is 4.90 Å². The molecule has 1 fully saturated rings. The Bertz CT molecular complexity index is 499. The minimum absolute atomic E-state index is 0.0828. The number of rotatable bonds is 4. The second-order valence-electron chi connectivity index (χ2n) is 4.92. The van der Waals surface area contributed by atoms with Crippen LogP contribution in [0.15, 0.2) is 29.2 Å². The molecule has 2 amide bonds. The monoisotopic (exact) mass is 293 g/mol. The molecule has 6 heteroatoms. The predicted molar refractivity (Wildman–Crippen MR) is 80.1 cm³/mol. The fourth-order valence-corrected chi connectivity index (χ4v) is 3.12. The number of hydrogen-bond donors (Lipinski definition) is 2. The summed E-state index contributed by atoms with van der Waals surface area (Å²) in [5.74, 6) is 0.150. The maximum Gasteiger partial charge on any atom is 0.232 e. The molecule has 0 saturated carbocycles. The molecule has 0 spiro atoms. The van der Waals surface area contributed by atoms with Crippen LogP contribution in [-0.4, -0.2) is 35.6 Å². The molecule has 1 saturated heterocycles. The summed E-state index contributed by atoms with van der Waals surface area (Å²) in [5.41, 5.74) is 11.7. The van der Waals surface area contributed by atoms with E-state index in [4.69, 9.17) is 11.5 Å². The molecular formula is C14H19N3O2S. The first kappa shape index (κ1) is 14.7. The number of benzene rings is 1. The average molecular weight is 293 g/mol. The lowest BCUT2D eigenvalue weighted by Gasteiger charge is -2.30. The number of nitrogens with two attached hydrogens (primary N) is 2. The molecule has 4 N–H and O–H groups in total. The number of carbonyl (C=O) groups excluding carboxylic acids is 2. The number of nitrogen functional groups attached to an aromatic ring is 1. The van der Waals surface area contributed by atoms with Gasteiger partial charge in [-0.3, -0.25) is 9.59 Å². The minimum Gasteiger partial charge on any atom is -0.399 e. The number of anilines is 1. The fourth-order valence-electron chi connectivity index (χ4n) is 2.25. The van der Waals surface area contributed by atoms with Crippen LogP contribution in [0.1, 0.15) is 12.8 Å². The summed E-state index contributed by atoms with van der Waals surface area (Å²) in [6.45, 7) is 1.23. The summed E-state index contributed by atoms with van der Waals surface area (Å²) in [4.78, 5) is 26.0. The third-order valence-corrected chi connectivity index (χ3v) is 4.45. The van der Waals surface area contributed by atoms with Crippen LogP contribution in [0.3, 0.4) is 0 Å². The van der Waals surface area contributed by atoms with Crippen molar-refractivity contribution in [2.45, 2.75) is 17.7 Å². The Morgan fingerprint density at radius 1 is 1.30 bits per heavy atom. The zero-order chi connectivity index (χ0) is 14.5. The molecule has 0 aliphatic carbocycles. The molecule has 0 atom stereocenters. The first-order chi connectivity index (χ1) is 9.56. The van der Waals surface area contributed by atoms with E-state index < -0.39 is 0 Å². The van der Waals surface area contributed by atoms with Crippen LogP contribution in [0.4, 0.5) is 5.69 Å². The Hall–Kier alpha value is -1.69. The Balaban J connectivity index is 1.80. The zero-order valence-electron chi connectivity index (χ0n) is 11.2. The summed E-state index contributed by atoms with van der Waals surface area (Å²) in [7, 11) is 0. The van der Waals surface area contributed by atoms with Crippen LogP contribution in [0, 0.1) is 5.92 Å². The molecule has 1 aromatic carbocycles. The first-order valence-electron chi connectivity index (χ1n) is 6.61. The number of hydrogen-bond acceptors (Lipinski definition) is 4. The van der Waals surface area contributed by atoms with E-state index >= 15 is 0 Å². The Kier molecular flexibility index (Phi) is 4.89. The van der Waals surface area contributed by atoms with E-state index in [0.717, 1.165) is 4.90 Å². The Morgan fingerprint density at radius 2 is 2.00 bits per heavy atom. The summed E-state index contributed by atoms with van der Waals surface area (Å²) in [6, 6.07) is 7.49. The number of primary amides is 1. The van der Waals surface area contributed by atoms with Gasteiger partial charge in [0, 0.05) is 29.6 Å². The maximum absolute atomic E-state index is 12.1. The number of likely N-dealkylation sites (tertiary alicyclic amines) is 1. The van der Waals surface area contributed by atoms with E-state index in [1.807, 2.05) is 24.3 Å².